The van der Waals surface area contributed by atoms with Crippen molar-refractivity contribution in [2.45, 2.75) is 43.8 Å². The van der Waals surface area contributed by atoms with Crippen LogP contribution < -0.4 is 5.32 Å². The summed E-state index contributed by atoms with van der Waals surface area (Å²) in [5.74, 6) is 0.924. The molecule has 2 fully saturated rings. The Kier molecular flexibility index (Phi) is 4.17. The van der Waals surface area contributed by atoms with E-state index >= 15 is 0 Å². The number of hydrogen-bond donors (Lipinski definition) is 1. The third-order valence-corrected chi connectivity index (χ3v) is 5.26. The highest BCUT2D eigenvalue weighted by Gasteiger charge is 2.35. The molecule has 1 saturated heterocycles. The summed E-state index contributed by atoms with van der Waals surface area (Å²) in [6, 6.07) is 9.03. The summed E-state index contributed by atoms with van der Waals surface area (Å²) in [4.78, 5) is 0. The summed E-state index contributed by atoms with van der Waals surface area (Å²) in [6.07, 6.45) is 4.27. The number of aromatic nitrogens is 4. The van der Waals surface area contributed by atoms with Crippen molar-refractivity contribution in [3.05, 3.63) is 40.1 Å². The van der Waals surface area contributed by atoms with Gasteiger partial charge in [0.1, 0.15) is 0 Å². The van der Waals surface area contributed by atoms with Crippen molar-refractivity contribution in [3.8, 4) is 0 Å². The molecule has 2 aromatic rings. The van der Waals surface area contributed by atoms with E-state index in [1.807, 2.05) is 4.68 Å². The van der Waals surface area contributed by atoms with Crippen molar-refractivity contribution in [1.29, 1.82) is 0 Å². The maximum atomic E-state index is 5.59. The van der Waals surface area contributed by atoms with Crippen LogP contribution in [0, 0.1) is 0 Å². The van der Waals surface area contributed by atoms with Gasteiger partial charge in [-0.1, -0.05) is 28.1 Å². The molecule has 4 rings (SSSR count). The number of nitrogens with zero attached hydrogens (tertiary/aromatic N) is 4. The van der Waals surface area contributed by atoms with E-state index in [1.54, 1.807) is 0 Å². The second kappa shape index (κ2) is 6.30. The SMILES string of the molecule is Brc1cccc(C2(NCc3nnnn3C3CC3)CCOCC2)c1. The number of ether oxygens (including phenoxy) is 1. The highest BCUT2D eigenvalue weighted by molar-refractivity contribution is 9.10. The Balaban J connectivity index is 1.57. The predicted molar refractivity (Wildman–Crippen MR) is 88.8 cm³/mol. The average Bonchev–Trinajstić information content (AvgIpc) is 3.32. The summed E-state index contributed by atoms with van der Waals surface area (Å²) >= 11 is 3.59. The quantitative estimate of drug-likeness (QED) is 0.867. The molecule has 1 aliphatic carbocycles. The van der Waals surface area contributed by atoms with E-state index in [0.29, 0.717) is 12.6 Å². The van der Waals surface area contributed by atoms with Crippen molar-refractivity contribution in [2.75, 3.05) is 13.2 Å². The van der Waals surface area contributed by atoms with E-state index in [2.05, 4.69) is 61.0 Å². The zero-order chi connectivity index (χ0) is 15.7. The number of benzene rings is 1. The highest BCUT2D eigenvalue weighted by atomic mass is 79.9. The Bertz CT molecular complexity index is 679. The van der Waals surface area contributed by atoms with E-state index in [0.717, 1.165) is 36.4 Å². The molecule has 2 aliphatic rings. The zero-order valence-electron chi connectivity index (χ0n) is 12.9. The summed E-state index contributed by atoms with van der Waals surface area (Å²) in [6.45, 7) is 2.22. The molecule has 0 radical (unpaired) electrons. The number of tetrazole rings is 1. The monoisotopic (exact) mass is 377 g/mol. The van der Waals surface area contributed by atoms with Gasteiger partial charge in [0, 0.05) is 23.2 Å². The van der Waals surface area contributed by atoms with Crippen molar-refractivity contribution >= 4 is 15.9 Å². The topological polar surface area (TPSA) is 64.9 Å². The van der Waals surface area contributed by atoms with Gasteiger partial charge >= 0.3 is 0 Å². The Morgan fingerprint density at radius 3 is 2.87 bits per heavy atom. The molecule has 0 bridgehead atoms. The summed E-state index contributed by atoms with van der Waals surface area (Å²) in [5.41, 5.74) is 1.21. The molecule has 0 spiro atoms. The third-order valence-electron chi connectivity index (χ3n) is 4.76. The van der Waals surface area contributed by atoms with Crippen molar-refractivity contribution in [3.63, 3.8) is 0 Å². The van der Waals surface area contributed by atoms with Crippen LogP contribution in [0.1, 0.15) is 43.1 Å². The minimum atomic E-state index is -0.0810. The van der Waals surface area contributed by atoms with Crippen molar-refractivity contribution in [2.24, 2.45) is 0 Å². The van der Waals surface area contributed by atoms with Crippen LogP contribution >= 0.6 is 15.9 Å². The third kappa shape index (κ3) is 3.18. The lowest BCUT2D eigenvalue weighted by molar-refractivity contribution is 0.0353. The minimum Gasteiger partial charge on any atom is -0.381 e. The molecule has 122 valence electrons. The van der Waals surface area contributed by atoms with E-state index in [-0.39, 0.29) is 5.54 Å². The first-order valence-electron chi connectivity index (χ1n) is 8.12. The molecule has 6 nitrogen and oxygen atoms in total. The predicted octanol–water partition coefficient (Wildman–Crippen LogP) is 2.57. The van der Waals surface area contributed by atoms with Gasteiger partial charge in [0.2, 0.25) is 0 Å². The maximum Gasteiger partial charge on any atom is 0.165 e. The first kappa shape index (κ1) is 15.2. The van der Waals surface area contributed by atoms with Crippen LogP contribution in [0.2, 0.25) is 0 Å². The van der Waals surface area contributed by atoms with E-state index in [4.69, 9.17) is 4.74 Å². The van der Waals surface area contributed by atoms with Crippen LogP contribution in [0.15, 0.2) is 28.7 Å². The maximum absolute atomic E-state index is 5.59. The summed E-state index contributed by atoms with van der Waals surface area (Å²) < 4.78 is 8.66. The summed E-state index contributed by atoms with van der Waals surface area (Å²) in [5, 5.41) is 15.9. The highest BCUT2D eigenvalue weighted by Crippen LogP contribution is 2.36. The van der Waals surface area contributed by atoms with Gasteiger partial charge < -0.3 is 10.1 Å². The molecule has 1 aliphatic heterocycles. The fourth-order valence-corrected chi connectivity index (χ4v) is 3.65. The largest absolute Gasteiger partial charge is 0.381 e. The lowest BCUT2D eigenvalue weighted by atomic mass is 9.82. The lowest BCUT2D eigenvalue weighted by Gasteiger charge is -2.38. The van der Waals surface area contributed by atoms with Gasteiger partial charge in [-0.3, -0.25) is 0 Å². The molecular weight excluding hydrogens is 358 g/mol. The standard InChI is InChI=1S/C16H20BrN5O/c17-13-3-1-2-12(10-13)16(6-8-23-9-7-16)18-11-15-19-20-21-22(15)14-4-5-14/h1-3,10,14,18H,4-9,11H2. The molecule has 0 unspecified atom stereocenters. The molecule has 1 N–H and O–H groups in total. The van der Waals surface area contributed by atoms with Crippen molar-refractivity contribution < 1.29 is 4.74 Å². The van der Waals surface area contributed by atoms with Crippen LogP contribution in [-0.4, -0.2) is 33.4 Å². The molecular formula is C16H20BrN5O. The second-order valence-corrected chi connectivity index (χ2v) is 7.24. The van der Waals surface area contributed by atoms with Gasteiger partial charge in [-0.25, -0.2) is 4.68 Å². The fourth-order valence-electron chi connectivity index (χ4n) is 3.25. The van der Waals surface area contributed by atoms with E-state index < -0.39 is 0 Å². The molecule has 23 heavy (non-hydrogen) atoms. The number of halogens is 1. The summed E-state index contributed by atoms with van der Waals surface area (Å²) in [7, 11) is 0. The van der Waals surface area contributed by atoms with Gasteiger partial charge in [-0.05, 0) is 53.8 Å². The molecule has 0 amide bonds. The van der Waals surface area contributed by atoms with Crippen LogP contribution in [0.4, 0.5) is 0 Å². The van der Waals surface area contributed by atoms with Gasteiger partial charge in [0.15, 0.2) is 5.82 Å². The lowest BCUT2D eigenvalue weighted by Crippen LogP contribution is -2.46. The van der Waals surface area contributed by atoms with E-state index in [1.165, 1.54) is 18.4 Å². The van der Waals surface area contributed by atoms with E-state index in [9.17, 15) is 0 Å². The van der Waals surface area contributed by atoms with Gasteiger partial charge in [-0.15, -0.1) is 5.10 Å². The first-order valence-corrected chi connectivity index (χ1v) is 8.92. The minimum absolute atomic E-state index is 0.0810. The Hall–Kier alpha value is -1.31. The van der Waals surface area contributed by atoms with Gasteiger partial charge in [0.05, 0.1) is 12.6 Å². The number of nitrogens with one attached hydrogen (secondary N) is 1. The van der Waals surface area contributed by atoms with Crippen molar-refractivity contribution in [1.82, 2.24) is 25.5 Å². The van der Waals surface area contributed by atoms with Crippen LogP contribution in [0.5, 0.6) is 0 Å². The smallest absolute Gasteiger partial charge is 0.165 e. The zero-order valence-corrected chi connectivity index (χ0v) is 14.5. The Morgan fingerprint density at radius 2 is 2.13 bits per heavy atom. The normalized spacial score (nSPS) is 20.6. The Morgan fingerprint density at radius 1 is 1.30 bits per heavy atom. The van der Waals surface area contributed by atoms with Gasteiger partial charge in [0.25, 0.3) is 0 Å². The number of hydrogen-bond acceptors (Lipinski definition) is 5. The average molecular weight is 378 g/mol. The molecule has 0 atom stereocenters. The second-order valence-electron chi connectivity index (χ2n) is 6.33. The molecule has 2 heterocycles. The molecule has 1 aromatic carbocycles. The molecule has 7 heteroatoms. The van der Waals surface area contributed by atoms with Crippen LogP contribution in [0.3, 0.4) is 0 Å². The first-order chi connectivity index (χ1) is 11.3. The van der Waals surface area contributed by atoms with Gasteiger partial charge in [-0.2, -0.15) is 0 Å². The van der Waals surface area contributed by atoms with Crippen LogP contribution in [0.25, 0.3) is 0 Å². The fraction of sp³-hybridized carbons (Fsp3) is 0.562. The Labute approximate surface area is 143 Å². The molecule has 1 aromatic heterocycles. The number of rotatable bonds is 5. The van der Waals surface area contributed by atoms with Crippen LogP contribution in [-0.2, 0) is 16.8 Å². The molecule has 1 saturated carbocycles.